The molecule has 0 heterocycles. The number of aromatic hydroxyl groups is 1. The molecule has 1 N–H and O–H groups in total. The third-order valence-electron chi connectivity index (χ3n) is 4.14. The number of ether oxygens (including phenoxy) is 2. The molecule has 0 amide bonds. The number of carbonyl (C=O) groups is 2. The van der Waals surface area contributed by atoms with Crippen molar-refractivity contribution in [3.63, 3.8) is 0 Å². The molecular formula is C18H19IO5. The number of allylic oxidation sites excluding steroid dienone is 2. The Labute approximate surface area is 154 Å². The highest BCUT2D eigenvalue weighted by atomic mass is 127. The van der Waals surface area contributed by atoms with Gasteiger partial charge in [0.15, 0.2) is 0 Å². The number of methoxy groups -OCH3 is 2. The summed E-state index contributed by atoms with van der Waals surface area (Å²) < 4.78 is 10.5. The van der Waals surface area contributed by atoms with Crippen LogP contribution in [-0.4, -0.2) is 31.3 Å². The van der Waals surface area contributed by atoms with Crippen LogP contribution in [0.1, 0.15) is 31.7 Å². The molecule has 1 aliphatic carbocycles. The van der Waals surface area contributed by atoms with Crippen LogP contribution in [0.4, 0.5) is 0 Å². The summed E-state index contributed by atoms with van der Waals surface area (Å²) in [4.78, 5) is 24.7. The second-order valence-corrected chi connectivity index (χ2v) is 6.85. The van der Waals surface area contributed by atoms with E-state index in [2.05, 4.69) is 0 Å². The van der Waals surface area contributed by atoms with Gasteiger partial charge in [-0.2, -0.15) is 0 Å². The molecule has 0 saturated carbocycles. The average Bonchev–Trinajstić information content (AvgIpc) is 2.55. The largest absolute Gasteiger partial charge is 0.507 e. The minimum absolute atomic E-state index is 0.149. The van der Waals surface area contributed by atoms with Crippen molar-refractivity contribution >= 4 is 34.5 Å². The van der Waals surface area contributed by atoms with E-state index in [0.29, 0.717) is 21.1 Å². The molecule has 0 aromatic heterocycles. The zero-order valence-electron chi connectivity index (χ0n) is 14.0. The lowest BCUT2D eigenvalue weighted by molar-refractivity contribution is -0.137. The van der Waals surface area contributed by atoms with Gasteiger partial charge >= 0.3 is 11.9 Å². The van der Waals surface area contributed by atoms with Gasteiger partial charge in [-0.25, -0.2) is 9.59 Å². The Morgan fingerprint density at radius 3 is 2.00 bits per heavy atom. The highest BCUT2D eigenvalue weighted by molar-refractivity contribution is 14.1. The van der Waals surface area contributed by atoms with E-state index in [1.807, 2.05) is 36.4 Å². The topological polar surface area (TPSA) is 72.8 Å². The molecule has 1 aromatic carbocycles. The van der Waals surface area contributed by atoms with Crippen molar-refractivity contribution in [3.8, 4) is 5.75 Å². The fourth-order valence-electron chi connectivity index (χ4n) is 3.07. The normalized spacial score (nSPS) is 15.5. The van der Waals surface area contributed by atoms with Gasteiger partial charge in [0.05, 0.1) is 17.8 Å². The maximum atomic E-state index is 12.4. The van der Waals surface area contributed by atoms with E-state index in [1.165, 1.54) is 14.2 Å². The monoisotopic (exact) mass is 442 g/mol. The lowest BCUT2D eigenvalue weighted by Gasteiger charge is -2.29. The molecule has 0 spiro atoms. The van der Waals surface area contributed by atoms with Crippen LogP contribution in [0.15, 0.2) is 40.5 Å². The maximum absolute atomic E-state index is 12.4. The zero-order valence-corrected chi connectivity index (χ0v) is 16.1. The predicted molar refractivity (Wildman–Crippen MR) is 97.6 cm³/mol. The van der Waals surface area contributed by atoms with Gasteiger partial charge in [0.25, 0.3) is 0 Å². The maximum Gasteiger partial charge on any atom is 0.334 e. The first-order chi connectivity index (χ1) is 11.3. The summed E-state index contributed by atoms with van der Waals surface area (Å²) in [7, 11) is 2.65. The summed E-state index contributed by atoms with van der Waals surface area (Å²) in [5.74, 6) is -1.35. The van der Waals surface area contributed by atoms with Gasteiger partial charge in [-0.1, -0.05) is 17.2 Å². The molecular weight excluding hydrogens is 423 g/mol. The number of hydrogen-bond donors (Lipinski definition) is 1. The molecule has 0 bridgehead atoms. The van der Waals surface area contributed by atoms with Crippen LogP contribution in [0.2, 0.25) is 0 Å². The van der Waals surface area contributed by atoms with Crippen molar-refractivity contribution < 1.29 is 24.2 Å². The van der Waals surface area contributed by atoms with Gasteiger partial charge < -0.3 is 14.6 Å². The van der Waals surface area contributed by atoms with Crippen molar-refractivity contribution in [2.24, 2.45) is 0 Å². The Morgan fingerprint density at radius 1 is 1.08 bits per heavy atom. The van der Waals surface area contributed by atoms with Crippen LogP contribution in [0.5, 0.6) is 5.75 Å². The highest BCUT2D eigenvalue weighted by Crippen LogP contribution is 2.43. The van der Waals surface area contributed by atoms with Gasteiger partial charge in [-0.05, 0) is 60.6 Å². The van der Waals surface area contributed by atoms with Crippen molar-refractivity contribution in [3.05, 3.63) is 49.6 Å². The van der Waals surface area contributed by atoms with Crippen LogP contribution >= 0.6 is 22.6 Å². The fourth-order valence-corrected chi connectivity index (χ4v) is 3.60. The summed E-state index contributed by atoms with van der Waals surface area (Å²) in [6.45, 7) is 3.73. The van der Waals surface area contributed by atoms with Gasteiger partial charge in [0.2, 0.25) is 0 Å². The van der Waals surface area contributed by atoms with E-state index < -0.39 is 17.9 Å². The van der Waals surface area contributed by atoms with Crippen molar-refractivity contribution in [1.82, 2.24) is 0 Å². The van der Waals surface area contributed by atoms with Gasteiger partial charge in [-0.3, -0.25) is 0 Å². The number of phenols is 1. The summed E-state index contributed by atoms with van der Waals surface area (Å²) in [6, 6.07) is 5.03. The summed E-state index contributed by atoms with van der Waals surface area (Å²) in [5.41, 5.74) is 3.35. The first-order valence-electron chi connectivity index (χ1n) is 7.36. The van der Waals surface area contributed by atoms with Crippen LogP contribution < -0.4 is 0 Å². The fraction of sp³-hybridized carbons (Fsp3) is 0.333. The highest BCUT2D eigenvalue weighted by Gasteiger charge is 2.37. The molecule has 5 nitrogen and oxygen atoms in total. The van der Waals surface area contributed by atoms with Crippen LogP contribution in [0.3, 0.4) is 0 Å². The molecule has 1 aliphatic rings. The van der Waals surface area contributed by atoms with Crippen molar-refractivity contribution in [2.75, 3.05) is 14.2 Å². The Balaban J connectivity index is 2.71. The number of halogens is 1. The standard InChI is InChI=1S/C18H19IO5/c1-9-7-10(2)15(18(22)24-4)16(14(9)17(21)23-3)11-5-6-13(20)12(19)8-11/h5-6,8,16,20H,7H2,1-4H3. The van der Waals surface area contributed by atoms with E-state index in [0.717, 1.165) is 16.7 Å². The second kappa shape index (κ2) is 7.38. The summed E-state index contributed by atoms with van der Waals surface area (Å²) in [5, 5.41) is 9.77. The first-order valence-corrected chi connectivity index (χ1v) is 8.44. The van der Waals surface area contributed by atoms with Gasteiger partial charge in [0, 0.05) is 17.1 Å². The lowest BCUT2D eigenvalue weighted by atomic mass is 9.75. The van der Waals surface area contributed by atoms with Crippen LogP contribution in [-0.2, 0) is 19.1 Å². The SMILES string of the molecule is COC(=O)C1=C(C)CC(C)=C(C(=O)OC)C1c1ccc(O)c(I)c1. The molecule has 0 aliphatic heterocycles. The van der Waals surface area contributed by atoms with Crippen molar-refractivity contribution in [2.45, 2.75) is 26.2 Å². The van der Waals surface area contributed by atoms with Crippen molar-refractivity contribution in [1.29, 1.82) is 0 Å². The van der Waals surface area contributed by atoms with E-state index in [-0.39, 0.29) is 5.75 Å². The Kier molecular flexibility index (Phi) is 5.69. The molecule has 0 radical (unpaired) electrons. The number of hydrogen-bond acceptors (Lipinski definition) is 5. The Bertz CT molecular complexity index is 723. The number of phenolic OH excluding ortho intramolecular Hbond substituents is 1. The Hall–Kier alpha value is -1.83. The molecule has 2 rings (SSSR count). The predicted octanol–water partition coefficient (Wildman–Crippen LogP) is 3.46. The van der Waals surface area contributed by atoms with Gasteiger partial charge in [0.1, 0.15) is 5.75 Å². The molecule has 0 fully saturated rings. The number of benzene rings is 1. The van der Waals surface area contributed by atoms with Crippen LogP contribution in [0.25, 0.3) is 0 Å². The quantitative estimate of drug-likeness (QED) is 0.574. The first kappa shape index (κ1) is 18.5. The third kappa shape index (κ3) is 3.33. The Morgan fingerprint density at radius 2 is 1.58 bits per heavy atom. The second-order valence-electron chi connectivity index (χ2n) is 5.69. The van der Waals surface area contributed by atoms with E-state index >= 15 is 0 Å². The molecule has 0 unspecified atom stereocenters. The molecule has 0 saturated heterocycles. The van der Waals surface area contributed by atoms with Gasteiger partial charge in [-0.15, -0.1) is 0 Å². The molecule has 1 aromatic rings. The zero-order chi connectivity index (χ0) is 18.0. The number of esters is 2. The number of carbonyl (C=O) groups excluding carboxylic acids is 2. The molecule has 24 heavy (non-hydrogen) atoms. The molecule has 6 heteroatoms. The average molecular weight is 442 g/mol. The third-order valence-corrected chi connectivity index (χ3v) is 5.01. The lowest BCUT2D eigenvalue weighted by Crippen LogP contribution is -2.26. The molecule has 0 atom stereocenters. The van der Waals surface area contributed by atoms with E-state index in [4.69, 9.17) is 9.47 Å². The minimum atomic E-state index is -0.576. The number of rotatable bonds is 3. The summed E-state index contributed by atoms with van der Waals surface area (Å²) in [6.07, 6.45) is 0.514. The van der Waals surface area contributed by atoms with E-state index in [1.54, 1.807) is 18.2 Å². The minimum Gasteiger partial charge on any atom is -0.507 e. The van der Waals surface area contributed by atoms with E-state index in [9.17, 15) is 14.7 Å². The van der Waals surface area contributed by atoms with Crippen LogP contribution in [0, 0.1) is 3.57 Å². The summed E-state index contributed by atoms with van der Waals surface area (Å²) >= 11 is 2.01. The smallest absolute Gasteiger partial charge is 0.334 e. The molecule has 128 valence electrons.